The molecule has 0 atom stereocenters. The fourth-order valence-corrected chi connectivity index (χ4v) is 5.03. The molecule has 40 heavy (non-hydrogen) atoms. The lowest BCUT2D eigenvalue weighted by Gasteiger charge is -2.03. The van der Waals surface area contributed by atoms with Gasteiger partial charge in [0.25, 0.3) is 0 Å². The molecule has 5 aromatic rings. The van der Waals surface area contributed by atoms with Crippen LogP contribution >= 0.6 is 0 Å². The first-order chi connectivity index (χ1) is 19.4. The van der Waals surface area contributed by atoms with E-state index in [-0.39, 0.29) is 65.6 Å². The van der Waals surface area contributed by atoms with Crippen LogP contribution in [0.5, 0.6) is 0 Å². The van der Waals surface area contributed by atoms with Gasteiger partial charge in [-0.1, -0.05) is 24.3 Å². The maximum atomic E-state index is 13.7. The summed E-state index contributed by atoms with van der Waals surface area (Å²) in [6, 6.07) is 18.1. The van der Waals surface area contributed by atoms with Crippen molar-refractivity contribution >= 4 is 21.5 Å². The van der Waals surface area contributed by atoms with E-state index in [0.29, 0.717) is 11.1 Å². The predicted molar refractivity (Wildman–Crippen MR) is 136 cm³/mol. The van der Waals surface area contributed by atoms with Gasteiger partial charge in [-0.15, -0.1) is 0 Å². The highest BCUT2D eigenvalue weighted by Gasteiger charge is 2.30. The second kappa shape index (κ2) is 9.63. The highest BCUT2D eigenvalue weighted by Crippen LogP contribution is 2.41. The molecule has 0 N–H and O–H groups in total. The van der Waals surface area contributed by atoms with E-state index in [1.165, 1.54) is 24.3 Å². The lowest BCUT2D eigenvalue weighted by molar-refractivity contribution is 0.627. The summed E-state index contributed by atoms with van der Waals surface area (Å²) < 4.78 is 27.4. The molecule has 0 aliphatic rings. The predicted octanol–water partition coefficient (Wildman–Crippen LogP) is 4.73. The summed E-state index contributed by atoms with van der Waals surface area (Å²) in [5.74, 6) is -1.11. The van der Waals surface area contributed by atoms with Crippen LogP contribution in [0.2, 0.25) is 0 Å². The molecule has 0 spiro atoms. The molecule has 8 nitrogen and oxygen atoms in total. The Morgan fingerprint density at radius 3 is 1.05 bits per heavy atom. The number of halogens is 2. The van der Waals surface area contributed by atoms with Crippen molar-refractivity contribution in [3.8, 4) is 58.9 Å². The summed E-state index contributed by atoms with van der Waals surface area (Å²) in [7, 11) is 0. The summed E-state index contributed by atoms with van der Waals surface area (Å²) in [5, 5.41) is 60.0. The van der Waals surface area contributed by atoms with Crippen molar-refractivity contribution in [2.24, 2.45) is 9.98 Å². The Morgan fingerprint density at radius 2 is 0.775 bits per heavy atom. The minimum Gasteiger partial charge on any atom is -0.207 e. The number of fused-ring (bicyclic) bond motifs is 2. The van der Waals surface area contributed by atoms with E-state index in [4.69, 9.17) is 0 Å². The van der Waals surface area contributed by atoms with Crippen LogP contribution in [-0.4, -0.2) is 0 Å². The Morgan fingerprint density at radius 1 is 0.450 bits per heavy atom. The molecule has 5 rings (SSSR count). The maximum absolute atomic E-state index is 13.7. The zero-order valence-corrected chi connectivity index (χ0v) is 20.0. The van der Waals surface area contributed by atoms with Crippen molar-refractivity contribution in [2.75, 3.05) is 0 Å². The number of rotatable bonds is 2. The lowest BCUT2D eigenvalue weighted by atomic mass is 9.94. The average molecular weight is 518 g/mol. The molecule has 0 fully saturated rings. The van der Waals surface area contributed by atoms with Gasteiger partial charge >= 0.3 is 0 Å². The Balaban J connectivity index is 2.19. The van der Waals surface area contributed by atoms with Crippen LogP contribution in [0.3, 0.4) is 0 Å². The SMILES string of the molecule is N#C/N=c1/c(-c2ccc(F)cc2)c(C#N)c2c(C#N)c3/c(=N\C#N)c(-c4ccc(F)cc4)c(C#N)c3c(C#N)c12. The lowest BCUT2D eigenvalue weighted by Crippen LogP contribution is -2.06. The second-order valence-electron chi connectivity index (χ2n) is 8.33. The van der Waals surface area contributed by atoms with Crippen molar-refractivity contribution in [2.45, 2.75) is 0 Å². The molecule has 182 valence electrons. The largest absolute Gasteiger partial charge is 0.207 e. The van der Waals surface area contributed by atoms with Crippen LogP contribution < -0.4 is 10.7 Å². The zero-order valence-electron chi connectivity index (χ0n) is 20.0. The summed E-state index contributed by atoms with van der Waals surface area (Å²) in [6.07, 6.45) is 3.31. The zero-order chi connectivity index (χ0) is 28.6. The molecule has 0 amide bonds. The normalized spacial score (nSPS) is 11.4. The van der Waals surface area contributed by atoms with E-state index in [2.05, 4.69) is 9.98 Å². The molecule has 0 bridgehead atoms. The van der Waals surface area contributed by atoms with Gasteiger partial charge in [0.1, 0.15) is 35.9 Å². The Kier molecular flexibility index (Phi) is 6.00. The van der Waals surface area contributed by atoms with Gasteiger partial charge in [0, 0.05) is 32.7 Å². The highest BCUT2D eigenvalue weighted by molar-refractivity contribution is 6.18. The van der Waals surface area contributed by atoms with Gasteiger partial charge in [0.2, 0.25) is 12.4 Å². The molecule has 10 heteroatoms. The number of hydrogen-bond donors (Lipinski definition) is 0. The first-order valence-corrected chi connectivity index (χ1v) is 11.3. The number of nitrogens with zero attached hydrogens (tertiary/aromatic N) is 8. The molecule has 0 aliphatic carbocycles. The molecular weight excluding hydrogens is 510 g/mol. The molecule has 5 aromatic carbocycles. The third kappa shape index (κ3) is 3.44. The summed E-state index contributed by atoms with van der Waals surface area (Å²) >= 11 is 0. The van der Waals surface area contributed by atoms with Gasteiger partial charge in [0.15, 0.2) is 0 Å². The van der Waals surface area contributed by atoms with Crippen LogP contribution in [0.25, 0.3) is 43.8 Å². The molecule has 0 saturated heterocycles. The summed E-state index contributed by atoms with van der Waals surface area (Å²) in [6.45, 7) is 0. The molecular formula is C30H8F2N8. The Hall–Kier alpha value is -6.72. The summed E-state index contributed by atoms with van der Waals surface area (Å²) in [4.78, 5) is 7.76. The first-order valence-electron chi connectivity index (χ1n) is 11.3. The van der Waals surface area contributed by atoms with Crippen LogP contribution in [0.15, 0.2) is 58.5 Å². The fraction of sp³-hybridized carbons (Fsp3) is 0. The van der Waals surface area contributed by atoms with E-state index in [1.54, 1.807) is 12.4 Å². The van der Waals surface area contributed by atoms with Gasteiger partial charge in [-0.05, 0) is 35.4 Å². The fourth-order valence-electron chi connectivity index (χ4n) is 5.03. The van der Waals surface area contributed by atoms with Crippen LogP contribution in [0.1, 0.15) is 22.3 Å². The monoisotopic (exact) mass is 518 g/mol. The van der Waals surface area contributed by atoms with E-state index >= 15 is 0 Å². The van der Waals surface area contributed by atoms with Gasteiger partial charge in [-0.2, -0.15) is 41.6 Å². The number of benzene rings is 3. The highest BCUT2D eigenvalue weighted by atomic mass is 19.1. The van der Waals surface area contributed by atoms with Crippen molar-refractivity contribution < 1.29 is 8.78 Å². The average Bonchev–Trinajstić information content (AvgIpc) is 3.46. The summed E-state index contributed by atoms with van der Waals surface area (Å²) in [5.41, 5.74) is 0.193. The smallest absolute Gasteiger partial charge is 0.206 e. The van der Waals surface area contributed by atoms with Crippen LogP contribution in [-0.2, 0) is 0 Å². The van der Waals surface area contributed by atoms with E-state index in [1.807, 2.05) is 24.3 Å². The first kappa shape index (κ1) is 25.0. The van der Waals surface area contributed by atoms with E-state index < -0.39 is 11.6 Å². The Bertz CT molecular complexity index is 2120. The second-order valence-corrected chi connectivity index (χ2v) is 8.33. The number of nitriles is 6. The molecule has 0 aliphatic heterocycles. The maximum Gasteiger partial charge on any atom is 0.206 e. The molecule has 0 radical (unpaired) electrons. The molecule has 0 heterocycles. The van der Waals surface area contributed by atoms with Crippen LogP contribution in [0, 0.1) is 79.9 Å². The van der Waals surface area contributed by atoms with E-state index in [9.17, 15) is 40.4 Å². The third-order valence-corrected chi connectivity index (χ3v) is 6.48. The minimum absolute atomic E-state index is 0.0281. The van der Waals surface area contributed by atoms with Crippen molar-refractivity contribution in [1.82, 2.24) is 0 Å². The van der Waals surface area contributed by atoms with Gasteiger partial charge in [-0.25, -0.2) is 8.78 Å². The third-order valence-electron chi connectivity index (χ3n) is 6.48. The molecule has 0 unspecified atom stereocenters. The van der Waals surface area contributed by atoms with Gasteiger partial charge in [0.05, 0.1) is 33.0 Å². The minimum atomic E-state index is -0.555. The van der Waals surface area contributed by atoms with Gasteiger partial charge < -0.3 is 0 Å². The topological polar surface area (TPSA) is 167 Å². The van der Waals surface area contributed by atoms with E-state index in [0.717, 1.165) is 24.3 Å². The molecule has 0 saturated carbocycles. The standard InChI is InChI=1S/C30H8F2N8/c31-17-5-1-15(2-6-17)23-19(9-33)25-21(11-35)28-26(22(12-36)27(25)29(23)39-13-37)20(10-34)24(30(28)40-14-38)16-3-7-18(32)8-4-16/h1-8H/b39-29-,40-30-. The van der Waals surface area contributed by atoms with Crippen molar-refractivity contribution in [1.29, 1.82) is 31.6 Å². The van der Waals surface area contributed by atoms with Crippen molar-refractivity contribution in [3.05, 3.63) is 93.1 Å². The molecule has 0 aromatic heterocycles. The number of hydrogen-bond acceptors (Lipinski definition) is 8. The van der Waals surface area contributed by atoms with Crippen LogP contribution in [0.4, 0.5) is 8.78 Å². The Labute approximate surface area is 224 Å². The van der Waals surface area contributed by atoms with Gasteiger partial charge in [-0.3, -0.25) is 0 Å². The quantitative estimate of drug-likeness (QED) is 0.306. The van der Waals surface area contributed by atoms with Crippen molar-refractivity contribution in [3.63, 3.8) is 0 Å².